The van der Waals surface area contributed by atoms with E-state index in [4.69, 9.17) is 11.6 Å². The summed E-state index contributed by atoms with van der Waals surface area (Å²) in [6.45, 7) is 2.94. The number of carbonyl (C=O) groups excluding carboxylic acids is 2. The van der Waals surface area contributed by atoms with Crippen molar-refractivity contribution in [2.75, 3.05) is 46.8 Å². The molecule has 0 atom stereocenters. The monoisotopic (exact) mass is 310 g/mol. The minimum absolute atomic E-state index is 0.0741. The van der Waals surface area contributed by atoms with Crippen LogP contribution in [0.15, 0.2) is 18.3 Å². The van der Waals surface area contributed by atoms with E-state index < -0.39 is 0 Å². The smallest absolute Gasteiger partial charge is 0.257 e. The van der Waals surface area contributed by atoms with Crippen LogP contribution in [0.3, 0.4) is 0 Å². The number of piperazine rings is 1. The fourth-order valence-electron chi connectivity index (χ4n) is 2.16. The van der Waals surface area contributed by atoms with Gasteiger partial charge in [-0.1, -0.05) is 11.6 Å². The van der Waals surface area contributed by atoms with Gasteiger partial charge in [-0.25, -0.2) is 4.98 Å². The summed E-state index contributed by atoms with van der Waals surface area (Å²) in [5.74, 6) is -0.0308. The van der Waals surface area contributed by atoms with E-state index in [0.717, 1.165) is 0 Å². The average molecular weight is 311 g/mol. The Labute approximate surface area is 129 Å². The Morgan fingerprint density at radius 1 is 1.29 bits per heavy atom. The zero-order chi connectivity index (χ0) is 15.4. The fraction of sp³-hybridized carbons (Fsp3) is 0.500. The Morgan fingerprint density at radius 2 is 1.95 bits per heavy atom. The minimum Gasteiger partial charge on any atom is -0.348 e. The summed E-state index contributed by atoms with van der Waals surface area (Å²) in [6, 6.07) is 3.38. The first-order valence-electron chi connectivity index (χ1n) is 6.81. The molecule has 114 valence electrons. The van der Waals surface area contributed by atoms with E-state index in [9.17, 15) is 9.59 Å². The molecule has 0 bridgehead atoms. The summed E-state index contributed by atoms with van der Waals surface area (Å²) < 4.78 is 0. The van der Waals surface area contributed by atoms with E-state index in [1.807, 2.05) is 0 Å². The molecule has 0 aromatic carbocycles. The lowest BCUT2D eigenvalue weighted by Gasteiger charge is -2.34. The van der Waals surface area contributed by atoms with E-state index in [0.29, 0.717) is 38.3 Å². The van der Waals surface area contributed by atoms with Crippen LogP contribution in [0.25, 0.3) is 0 Å². The second-order valence-corrected chi connectivity index (χ2v) is 5.56. The van der Waals surface area contributed by atoms with E-state index in [2.05, 4.69) is 9.88 Å². The molecule has 7 heteroatoms. The molecule has 1 aliphatic rings. The van der Waals surface area contributed by atoms with Crippen LogP contribution in [0.5, 0.6) is 0 Å². The number of likely N-dealkylation sites (N-methyl/N-ethyl adjacent to an activating group) is 1. The van der Waals surface area contributed by atoms with Crippen LogP contribution >= 0.6 is 11.6 Å². The normalized spacial score (nSPS) is 15.9. The zero-order valence-electron chi connectivity index (χ0n) is 12.3. The van der Waals surface area contributed by atoms with Gasteiger partial charge in [-0.15, -0.1) is 0 Å². The van der Waals surface area contributed by atoms with E-state index in [1.165, 1.54) is 0 Å². The predicted molar refractivity (Wildman–Crippen MR) is 80.3 cm³/mol. The third-order valence-electron chi connectivity index (χ3n) is 3.51. The van der Waals surface area contributed by atoms with Gasteiger partial charge in [-0.2, -0.15) is 0 Å². The highest BCUT2D eigenvalue weighted by molar-refractivity contribution is 6.32. The molecule has 1 aromatic rings. The molecule has 2 rings (SSSR count). The van der Waals surface area contributed by atoms with Crippen molar-refractivity contribution in [3.63, 3.8) is 0 Å². The van der Waals surface area contributed by atoms with Crippen molar-refractivity contribution in [1.29, 1.82) is 0 Å². The number of hydrogen-bond acceptors (Lipinski definition) is 4. The Bertz CT molecular complexity index is 527. The van der Waals surface area contributed by atoms with Crippen molar-refractivity contribution < 1.29 is 9.59 Å². The average Bonchev–Trinajstić information content (AvgIpc) is 2.47. The lowest BCUT2D eigenvalue weighted by Crippen LogP contribution is -2.51. The molecule has 0 spiro atoms. The van der Waals surface area contributed by atoms with Crippen molar-refractivity contribution >= 4 is 23.4 Å². The first-order valence-corrected chi connectivity index (χ1v) is 7.19. The van der Waals surface area contributed by atoms with Crippen LogP contribution in [0.4, 0.5) is 0 Å². The van der Waals surface area contributed by atoms with Gasteiger partial charge in [-0.3, -0.25) is 14.5 Å². The maximum absolute atomic E-state index is 12.4. The Morgan fingerprint density at radius 3 is 2.52 bits per heavy atom. The first kappa shape index (κ1) is 15.7. The van der Waals surface area contributed by atoms with Crippen molar-refractivity contribution in [3.8, 4) is 0 Å². The van der Waals surface area contributed by atoms with Gasteiger partial charge in [-0.05, 0) is 12.1 Å². The van der Waals surface area contributed by atoms with Gasteiger partial charge in [0.25, 0.3) is 5.91 Å². The summed E-state index contributed by atoms with van der Waals surface area (Å²) in [6.07, 6.45) is 1.56. The number of rotatable bonds is 3. The lowest BCUT2D eigenvalue weighted by atomic mass is 10.2. The molecule has 0 radical (unpaired) electrons. The maximum atomic E-state index is 12.4. The highest BCUT2D eigenvalue weighted by atomic mass is 35.5. The van der Waals surface area contributed by atoms with Gasteiger partial charge in [0.1, 0.15) is 5.15 Å². The Balaban J connectivity index is 1.91. The van der Waals surface area contributed by atoms with Crippen LogP contribution in [-0.2, 0) is 4.79 Å². The van der Waals surface area contributed by atoms with Crippen LogP contribution in [0, 0.1) is 0 Å². The molecule has 0 unspecified atom stereocenters. The Hall–Kier alpha value is -1.66. The van der Waals surface area contributed by atoms with Crippen LogP contribution in [0.2, 0.25) is 5.15 Å². The van der Waals surface area contributed by atoms with Gasteiger partial charge < -0.3 is 9.80 Å². The largest absolute Gasteiger partial charge is 0.348 e. The van der Waals surface area contributed by atoms with Crippen molar-refractivity contribution in [1.82, 2.24) is 19.7 Å². The number of halogens is 1. The summed E-state index contributed by atoms with van der Waals surface area (Å²) >= 11 is 5.95. The summed E-state index contributed by atoms with van der Waals surface area (Å²) in [4.78, 5) is 33.3. The van der Waals surface area contributed by atoms with Gasteiger partial charge in [0.15, 0.2) is 0 Å². The number of amides is 2. The molecular formula is C14H19ClN4O2. The van der Waals surface area contributed by atoms with Gasteiger partial charge >= 0.3 is 0 Å². The van der Waals surface area contributed by atoms with E-state index in [1.54, 1.807) is 42.2 Å². The van der Waals surface area contributed by atoms with Crippen LogP contribution in [0.1, 0.15) is 10.4 Å². The number of hydrogen-bond donors (Lipinski definition) is 0. The van der Waals surface area contributed by atoms with Crippen LogP contribution < -0.4 is 0 Å². The number of nitrogens with zero attached hydrogens (tertiary/aromatic N) is 4. The summed E-state index contributed by atoms with van der Waals surface area (Å²) in [5.41, 5.74) is 0.428. The molecule has 1 aromatic heterocycles. The molecule has 0 saturated carbocycles. The predicted octanol–water partition coefficient (Wildman–Crippen LogP) is 0.581. The number of carbonyl (C=O) groups is 2. The minimum atomic E-state index is -0.105. The third kappa shape index (κ3) is 3.92. The molecule has 1 aliphatic heterocycles. The SMILES string of the molecule is CN(C)C(=O)CN1CCN(C(=O)c2cccnc2Cl)CC1. The molecule has 21 heavy (non-hydrogen) atoms. The van der Waals surface area contributed by atoms with Gasteiger partial charge in [0, 0.05) is 46.5 Å². The molecule has 2 heterocycles. The molecule has 0 aliphatic carbocycles. The quantitative estimate of drug-likeness (QED) is 0.767. The first-order chi connectivity index (χ1) is 9.99. The standard InChI is InChI=1S/C14H19ClN4O2/c1-17(2)12(20)10-18-6-8-19(9-7-18)14(21)11-4-3-5-16-13(11)15/h3-5H,6-10H2,1-2H3. The lowest BCUT2D eigenvalue weighted by molar-refractivity contribution is -0.130. The van der Waals surface area contributed by atoms with Crippen molar-refractivity contribution in [3.05, 3.63) is 29.0 Å². The number of pyridine rings is 1. The molecular weight excluding hydrogens is 292 g/mol. The third-order valence-corrected chi connectivity index (χ3v) is 3.81. The molecule has 0 N–H and O–H groups in total. The van der Waals surface area contributed by atoms with Gasteiger partial charge in [0.2, 0.25) is 5.91 Å². The van der Waals surface area contributed by atoms with Crippen molar-refractivity contribution in [2.45, 2.75) is 0 Å². The molecule has 2 amide bonds. The second kappa shape index (κ2) is 6.87. The zero-order valence-corrected chi connectivity index (χ0v) is 13.0. The van der Waals surface area contributed by atoms with Gasteiger partial charge in [0.05, 0.1) is 12.1 Å². The van der Waals surface area contributed by atoms with E-state index >= 15 is 0 Å². The van der Waals surface area contributed by atoms with E-state index in [-0.39, 0.29) is 17.0 Å². The maximum Gasteiger partial charge on any atom is 0.257 e. The number of aromatic nitrogens is 1. The topological polar surface area (TPSA) is 56.8 Å². The van der Waals surface area contributed by atoms with Crippen LogP contribution in [-0.4, -0.2) is 78.3 Å². The fourth-order valence-corrected chi connectivity index (χ4v) is 2.36. The molecule has 6 nitrogen and oxygen atoms in total. The van der Waals surface area contributed by atoms with Crippen molar-refractivity contribution in [2.24, 2.45) is 0 Å². The molecule has 1 saturated heterocycles. The highest BCUT2D eigenvalue weighted by Crippen LogP contribution is 2.15. The summed E-state index contributed by atoms with van der Waals surface area (Å²) in [7, 11) is 3.49. The summed E-state index contributed by atoms with van der Waals surface area (Å²) in [5, 5.41) is 0.229. The highest BCUT2D eigenvalue weighted by Gasteiger charge is 2.24. The second-order valence-electron chi connectivity index (χ2n) is 5.20. The molecule has 1 fully saturated rings. The Kier molecular flexibility index (Phi) is 5.14.